The largest absolute Gasteiger partial charge is 0.490 e. The van der Waals surface area contributed by atoms with E-state index >= 15 is 0 Å². The summed E-state index contributed by atoms with van der Waals surface area (Å²) in [4.78, 5) is 47.3. The van der Waals surface area contributed by atoms with Crippen LogP contribution in [0.25, 0.3) is 0 Å². The Labute approximate surface area is 175 Å². The van der Waals surface area contributed by atoms with Crippen LogP contribution in [0.4, 0.5) is 4.79 Å². The zero-order valence-electron chi connectivity index (χ0n) is 17.3. The van der Waals surface area contributed by atoms with Crippen molar-refractivity contribution in [3.63, 3.8) is 0 Å². The molecule has 0 bridgehead atoms. The molecule has 0 unspecified atom stereocenters. The topological polar surface area (TPSA) is 120 Å². The first kappa shape index (κ1) is 23.2. The summed E-state index contributed by atoms with van der Waals surface area (Å²) in [7, 11) is 0. The lowest BCUT2D eigenvalue weighted by molar-refractivity contribution is -0.148. The Bertz CT molecular complexity index is 777. The first-order valence-electron chi connectivity index (χ1n) is 10.0. The molecule has 0 spiro atoms. The number of carbonyl (C=O) groups is 4. The second-order valence-electron chi connectivity index (χ2n) is 7.28. The lowest BCUT2D eigenvalue weighted by atomic mass is 10.1. The zero-order chi connectivity index (χ0) is 21.9. The van der Waals surface area contributed by atoms with E-state index in [0.29, 0.717) is 42.7 Å². The molecule has 1 heterocycles. The summed E-state index contributed by atoms with van der Waals surface area (Å²) in [5, 5.41) is 4.62. The maximum absolute atomic E-state index is 12.3. The number of benzene rings is 1. The van der Waals surface area contributed by atoms with Gasteiger partial charge in [-0.05, 0) is 30.5 Å². The number of imide groups is 1. The summed E-state index contributed by atoms with van der Waals surface area (Å²) in [6, 6.07) is 4.25. The Morgan fingerprint density at radius 2 is 1.80 bits per heavy atom. The van der Waals surface area contributed by atoms with Crippen molar-refractivity contribution < 1.29 is 33.4 Å². The molecule has 1 aromatic rings. The van der Waals surface area contributed by atoms with Crippen molar-refractivity contribution in [2.75, 3.05) is 26.4 Å². The fourth-order valence-corrected chi connectivity index (χ4v) is 2.60. The summed E-state index contributed by atoms with van der Waals surface area (Å²) >= 11 is 0. The van der Waals surface area contributed by atoms with E-state index < -0.39 is 24.5 Å². The highest BCUT2D eigenvalue weighted by molar-refractivity contribution is 5.98. The molecule has 0 aromatic heterocycles. The molecule has 9 heteroatoms. The summed E-state index contributed by atoms with van der Waals surface area (Å²) in [5.74, 6) is -0.174. The van der Waals surface area contributed by atoms with Crippen LogP contribution >= 0.6 is 0 Å². The van der Waals surface area contributed by atoms with Gasteiger partial charge in [0.2, 0.25) is 0 Å². The average molecular weight is 420 g/mol. The molecule has 1 aliphatic rings. The zero-order valence-corrected chi connectivity index (χ0v) is 17.3. The molecule has 0 atom stereocenters. The molecule has 30 heavy (non-hydrogen) atoms. The second kappa shape index (κ2) is 11.8. The number of carbonyl (C=O) groups excluding carboxylic acids is 4. The van der Waals surface area contributed by atoms with E-state index in [9.17, 15) is 19.2 Å². The molecule has 164 valence electrons. The van der Waals surface area contributed by atoms with Gasteiger partial charge in [-0.1, -0.05) is 13.8 Å². The third kappa shape index (κ3) is 8.10. The van der Waals surface area contributed by atoms with E-state index in [1.165, 1.54) is 0 Å². The van der Waals surface area contributed by atoms with Crippen LogP contribution in [0, 0.1) is 5.92 Å². The van der Waals surface area contributed by atoms with Gasteiger partial charge in [-0.2, -0.15) is 0 Å². The Balaban J connectivity index is 1.69. The normalized spacial score (nSPS) is 12.6. The van der Waals surface area contributed by atoms with Gasteiger partial charge in [0.25, 0.3) is 5.91 Å². The van der Waals surface area contributed by atoms with Gasteiger partial charge in [0, 0.05) is 24.9 Å². The number of ketones is 1. The average Bonchev–Trinajstić information content (AvgIpc) is 2.94. The Morgan fingerprint density at radius 1 is 1.07 bits per heavy atom. The summed E-state index contributed by atoms with van der Waals surface area (Å²) < 4.78 is 15.9. The number of amides is 3. The number of esters is 1. The molecule has 1 aromatic carbocycles. The first-order valence-corrected chi connectivity index (χ1v) is 10.0. The van der Waals surface area contributed by atoms with Crippen molar-refractivity contribution in [3.05, 3.63) is 23.8 Å². The minimum atomic E-state index is -0.736. The molecule has 1 aliphatic heterocycles. The quantitative estimate of drug-likeness (QED) is 0.464. The van der Waals surface area contributed by atoms with Crippen LogP contribution in [-0.4, -0.2) is 50.1 Å². The van der Waals surface area contributed by atoms with Gasteiger partial charge in [0.15, 0.2) is 23.9 Å². The van der Waals surface area contributed by atoms with Gasteiger partial charge in [0.05, 0.1) is 19.6 Å². The second-order valence-corrected chi connectivity index (χ2v) is 7.28. The van der Waals surface area contributed by atoms with Crippen LogP contribution in [0.15, 0.2) is 18.2 Å². The SMILES string of the molecule is CC(C)CCNC(=O)NC(=O)COC(=O)CCC(=O)c1ccc2c(c1)OCCCO2. The molecular weight excluding hydrogens is 392 g/mol. The number of nitrogens with one attached hydrogen (secondary N) is 2. The Morgan fingerprint density at radius 3 is 2.53 bits per heavy atom. The van der Waals surface area contributed by atoms with E-state index in [4.69, 9.17) is 14.2 Å². The highest BCUT2D eigenvalue weighted by Gasteiger charge is 2.16. The van der Waals surface area contributed by atoms with Crippen molar-refractivity contribution in [3.8, 4) is 11.5 Å². The van der Waals surface area contributed by atoms with Crippen LogP contribution in [0.3, 0.4) is 0 Å². The van der Waals surface area contributed by atoms with Crippen LogP contribution in [0.1, 0.15) is 49.9 Å². The summed E-state index contributed by atoms with van der Waals surface area (Å²) in [6.07, 6.45) is 1.29. The van der Waals surface area contributed by atoms with E-state index in [2.05, 4.69) is 10.6 Å². The fraction of sp³-hybridized carbons (Fsp3) is 0.524. The van der Waals surface area contributed by atoms with Crippen molar-refractivity contribution >= 4 is 23.7 Å². The van der Waals surface area contributed by atoms with Gasteiger partial charge < -0.3 is 19.5 Å². The number of urea groups is 1. The monoisotopic (exact) mass is 420 g/mol. The molecule has 0 saturated carbocycles. The van der Waals surface area contributed by atoms with Gasteiger partial charge in [-0.3, -0.25) is 19.7 Å². The molecule has 0 radical (unpaired) electrons. The van der Waals surface area contributed by atoms with E-state index in [-0.39, 0.29) is 18.6 Å². The van der Waals surface area contributed by atoms with Crippen molar-refractivity contribution in [2.45, 2.75) is 39.5 Å². The number of Topliss-reactive ketones (excluding diaryl/α,β-unsaturated/α-hetero) is 1. The van der Waals surface area contributed by atoms with Gasteiger partial charge in [-0.15, -0.1) is 0 Å². The standard InChI is InChI=1S/C21H28N2O7/c1-14(2)8-9-22-21(27)23-19(25)13-30-20(26)7-5-16(24)15-4-6-17-18(12-15)29-11-3-10-28-17/h4,6,12,14H,3,5,7-11,13H2,1-2H3,(H2,22,23,25,27). The maximum atomic E-state index is 12.3. The molecule has 3 amide bonds. The van der Waals surface area contributed by atoms with Gasteiger partial charge >= 0.3 is 12.0 Å². The number of fused-ring (bicyclic) bond motifs is 1. The molecule has 2 rings (SSSR count). The van der Waals surface area contributed by atoms with Crippen LogP contribution in [0.5, 0.6) is 11.5 Å². The van der Waals surface area contributed by atoms with E-state index in [1.54, 1.807) is 18.2 Å². The highest BCUT2D eigenvalue weighted by Crippen LogP contribution is 2.30. The molecular formula is C21H28N2O7. The summed E-state index contributed by atoms with van der Waals surface area (Å²) in [5.41, 5.74) is 0.405. The Kier molecular flexibility index (Phi) is 9.11. The van der Waals surface area contributed by atoms with Crippen molar-refractivity contribution in [1.82, 2.24) is 10.6 Å². The van der Waals surface area contributed by atoms with E-state index in [1.807, 2.05) is 13.8 Å². The number of hydrogen-bond acceptors (Lipinski definition) is 7. The molecule has 2 N–H and O–H groups in total. The van der Waals surface area contributed by atoms with Gasteiger partial charge in [-0.25, -0.2) is 4.79 Å². The fourth-order valence-electron chi connectivity index (χ4n) is 2.60. The molecule has 0 aliphatic carbocycles. The lowest BCUT2D eigenvalue weighted by Gasteiger charge is -2.09. The number of rotatable bonds is 9. The van der Waals surface area contributed by atoms with Crippen LogP contribution in [0.2, 0.25) is 0 Å². The van der Waals surface area contributed by atoms with Gasteiger partial charge in [0.1, 0.15) is 0 Å². The molecule has 9 nitrogen and oxygen atoms in total. The Hall–Kier alpha value is -3.10. The van der Waals surface area contributed by atoms with Crippen LogP contribution < -0.4 is 20.1 Å². The minimum absolute atomic E-state index is 0.0736. The molecule has 0 fully saturated rings. The lowest BCUT2D eigenvalue weighted by Crippen LogP contribution is -2.42. The number of hydrogen-bond donors (Lipinski definition) is 2. The predicted molar refractivity (Wildman–Crippen MR) is 108 cm³/mol. The number of ether oxygens (including phenoxy) is 3. The van der Waals surface area contributed by atoms with Crippen molar-refractivity contribution in [2.24, 2.45) is 5.92 Å². The maximum Gasteiger partial charge on any atom is 0.321 e. The minimum Gasteiger partial charge on any atom is -0.490 e. The molecule has 0 saturated heterocycles. The highest BCUT2D eigenvalue weighted by atomic mass is 16.5. The summed E-state index contributed by atoms with van der Waals surface area (Å²) in [6.45, 7) is 4.95. The third-order valence-corrected chi connectivity index (χ3v) is 4.25. The first-order chi connectivity index (χ1) is 14.3. The van der Waals surface area contributed by atoms with E-state index in [0.717, 1.165) is 12.8 Å². The van der Waals surface area contributed by atoms with Crippen LogP contribution in [-0.2, 0) is 14.3 Å². The van der Waals surface area contributed by atoms with Crippen molar-refractivity contribution in [1.29, 1.82) is 0 Å². The third-order valence-electron chi connectivity index (χ3n) is 4.25. The smallest absolute Gasteiger partial charge is 0.321 e. The predicted octanol–water partition coefficient (Wildman–Crippen LogP) is 2.23.